The van der Waals surface area contributed by atoms with Gasteiger partial charge in [-0.3, -0.25) is 0 Å². The van der Waals surface area contributed by atoms with Crippen molar-refractivity contribution in [1.82, 2.24) is 4.90 Å². The van der Waals surface area contributed by atoms with Crippen molar-refractivity contribution >= 4 is 37.6 Å². The normalized spacial score (nSPS) is 14.8. The number of hydrogen-bond acceptors (Lipinski definition) is 1. The molecule has 0 saturated carbocycles. The summed E-state index contributed by atoms with van der Waals surface area (Å²) in [5.74, 6) is 0. The number of halogens is 4. The fourth-order valence-corrected chi connectivity index (χ4v) is 2.34. The van der Waals surface area contributed by atoms with Gasteiger partial charge in [-0.1, -0.05) is 50.4 Å². The molecular weight excluding hydrogens is 469 g/mol. The van der Waals surface area contributed by atoms with Crippen LogP contribution in [0.5, 0.6) is 0 Å². The Labute approximate surface area is 158 Å². The molecule has 1 aliphatic heterocycles. The summed E-state index contributed by atoms with van der Waals surface area (Å²) >= 11 is 6.63. The van der Waals surface area contributed by atoms with Gasteiger partial charge in [-0.05, 0) is 5.70 Å². The maximum Gasteiger partial charge on any atom is 0.256 e. The first-order chi connectivity index (χ1) is 8.99. The Bertz CT molecular complexity index is 553. The number of rotatable bonds is 3. The van der Waals surface area contributed by atoms with Crippen molar-refractivity contribution in [1.29, 1.82) is 0 Å². The van der Waals surface area contributed by atoms with Crippen LogP contribution in [0, 0.1) is 6.08 Å². The molecule has 6 heteroatoms. The molecule has 1 aliphatic rings. The molecule has 0 spiro atoms. The van der Waals surface area contributed by atoms with E-state index in [1.807, 2.05) is 24.3 Å². The molecule has 0 atom stereocenters. The Balaban J connectivity index is 0.00000200. The van der Waals surface area contributed by atoms with Crippen LogP contribution in [-0.4, -0.2) is 17.9 Å². The largest absolute Gasteiger partial charge is 0.369 e. The van der Waals surface area contributed by atoms with Gasteiger partial charge in [-0.15, -0.1) is 28.1 Å². The van der Waals surface area contributed by atoms with Crippen LogP contribution in [0.1, 0.15) is 5.56 Å². The number of allylic oxidation sites excluding steroid dienone is 3. The van der Waals surface area contributed by atoms with E-state index in [1.54, 1.807) is 6.08 Å². The first kappa shape index (κ1) is 18.2. The van der Waals surface area contributed by atoms with E-state index in [0.29, 0.717) is 15.9 Å². The minimum atomic E-state index is -2.44. The fourth-order valence-electron chi connectivity index (χ4n) is 1.74. The van der Waals surface area contributed by atoms with Crippen molar-refractivity contribution in [3.63, 3.8) is 0 Å². The van der Waals surface area contributed by atoms with Gasteiger partial charge in [0.15, 0.2) is 0 Å². The molecule has 2 rings (SSSR count). The molecule has 0 bridgehead atoms. The number of nitrogens with zero attached hydrogens (tertiary/aromatic N) is 1. The standard InChI is InChI=1S/C14H10Br2F2N.Y/c1-9-12(16)6-7-13(19(9)8-14(17)18)10-2-4-11(15)5-3-10;/h2-6,14H,1,8H2;/q-1;. The molecule has 0 aliphatic carbocycles. The van der Waals surface area contributed by atoms with Gasteiger partial charge >= 0.3 is 0 Å². The van der Waals surface area contributed by atoms with E-state index in [1.165, 1.54) is 4.90 Å². The summed E-state index contributed by atoms with van der Waals surface area (Å²) in [5, 5.41) is 0. The molecular formula is C14H10Br2F2NY-. The van der Waals surface area contributed by atoms with Gasteiger partial charge in [0.1, 0.15) is 0 Å². The average Bonchev–Trinajstić information content (AvgIpc) is 2.36. The second-order valence-corrected chi connectivity index (χ2v) is 5.71. The Hall–Kier alpha value is 0.164. The van der Waals surface area contributed by atoms with Gasteiger partial charge in [0, 0.05) is 37.2 Å². The van der Waals surface area contributed by atoms with Crippen LogP contribution < -0.4 is 0 Å². The van der Waals surface area contributed by atoms with Crippen LogP contribution in [0.25, 0.3) is 5.70 Å². The monoisotopic (exact) mass is 477 g/mol. The second-order valence-electron chi connectivity index (χ2n) is 3.94. The summed E-state index contributed by atoms with van der Waals surface area (Å²) in [6.45, 7) is 3.43. The molecule has 0 unspecified atom stereocenters. The predicted octanol–water partition coefficient (Wildman–Crippen LogP) is 4.96. The van der Waals surface area contributed by atoms with E-state index in [4.69, 9.17) is 0 Å². The predicted molar refractivity (Wildman–Crippen MR) is 79.7 cm³/mol. The van der Waals surface area contributed by atoms with Crippen molar-refractivity contribution in [2.24, 2.45) is 0 Å². The third-order valence-corrected chi connectivity index (χ3v) is 3.86. The van der Waals surface area contributed by atoms with Crippen LogP contribution in [0.15, 0.2) is 51.6 Å². The summed E-state index contributed by atoms with van der Waals surface area (Å²) in [6.07, 6.45) is 2.27. The summed E-state index contributed by atoms with van der Waals surface area (Å²) in [6, 6.07) is 7.43. The van der Waals surface area contributed by atoms with Gasteiger partial charge in [-0.25, -0.2) is 8.78 Å². The zero-order valence-corrected chi connectivity index (χ0v) is 16.4. The number of hydrogen-bond donors (Lipinski definition) is 0. The molecule has 0 saturated heterocycles. The summed E-state index contributed by atoms with van der Waals surface area (Å²) in [4.78, 5) is 1.47. The third-order valence-electron chi connectivity index (χ3n) is 2.65. The maximum absolute atomic E-state index is 12.7. The van der Waals surface area contributed by atoms with Crippen LogP contribution in [-0.2, 0) is 32.7 Å². The Morgan fingerprint density at radius 3 is 2.35 bits per heavy atom. The Morgan fingerprint density at radius 2 is 1.80 bits per heavy atom. The smallest absolute Gasteiger partial charge is 0.256 e. The summed E-state index contributed by atoms with van der Waals surface area (Å²) in [7, 11) is 0. The van der Waals surface area contributed by atoms with Crippen molar-refractivity contribution < 1.29 is 41.5 Å². The van der Waals surface area contributed by atoms with E-state index in [9.17, 15) is 8.78 Å². The molecule has 1 radical (unpaired) electrons. The quantitative estimate of drug-likeness (QED) is 0.555. The zero-order chi connectivity index (χ0) is 14.0. The van der Waals surface area contributed by atoms with Crippen LogP contribution in [0.2, 0.25) is 0 Å². The van der Waals surface area contributed by atoms with Crippen LogP contribution >= 0.6 is 31.9 Å². The van der Waals surface area contributed by atoms with E-state index < -0.39 is 13.0 Å². The maximum atomic E-state index is 12.7. The first-order valence-corrected chi connectivity index (χ1v) is 7.07. The van der Waals surface area contributed by atoms with E-state index in [-0.39, 0.29) is 32.7 Å². The Kier molecular flexibility index (Phi) is 7.26. The molecule has 103 valence electrons. The summed E-state index contributed by atoms with van der Waals surface area (Å²) < 4.78 is 27.0. The molecule has 1 heterocycles. The van der Waals surface area contributed by atoms with Crippen molar-refractivity contribution in [2.45, 2.75) is 6.43 Å². The molecule has 1 aromatic rings. The molecule has 0 fully saturated rings. The number of alkyl halides is 2. The van der Waals surface area contributed by atoms with Crippen molar-refractivity contribution in [3.05, 3.63) is 63.2 Å². The third kappa shape index (κ3) is 4.33. The van der Waals surface area contributed by atoms with E-state index in [2.05, 4.69) is 44.5 Å². The number of benzene rings is 1. The molecule has 1 nitrogen and oxygen atoms in total. The van der Waals surface area contributed by atoms with Gasteiger partial charge in [0.2, 0.25) is 0 Å². The second kappa shape index (κ2) is 7.97. The fraction of sp³-hybridized carbons (Fsp3) is 0.143. The van der Waals surface area contributed by atoms with Gasteiger partial charge < -0.3 is 4.90 Å². The van der Waals surface area contributed by atoms with Crippen molar-refractivity contribution in [2.75, 3.05) is 6.54 Å². The van der Waals surface area contributed by atoms with Gasteiger partial charge in [0.05, 0.1) is 6.54 Å². The summed E-state index contributed by atoms with van der Waals surface area (Å²) in [5.41, 5.74) is 1.93. The Morgan fingerprint density at radius 1 is 1.20 bits per heavy atom. The van der Waals surface area contributed by atoms with Gasteiger partial charge in [0.25, 0.3) is 6.43 Å². The van der Waals surface area contributed by atoms with E-state index in [0.717, 1.165) is 10.0 Å². The molecule has 0 aromatic heterocycles. The van der Waals surface area contributed by atoms with Crippen molar-refractivity contribution in [3.8, 4) is 0 Å². The first-order valence-electron chi connectivity index (χ1n) is 5.49. The average molecular weight is 479 g/mol. The minimum Gasteiger partial charge on any atom is -0.369 e. The SMILES string of the molecule is C=C1C(Br)=C[C-]=C(c2ccc(Br)cc2)N1CC(F)F.[Y]. The molecule has 0 amide bonds. The molecule has 20 heavy (non-hydrogen) atoms. The molecule has 1 aromatic carbocycles. The zero-order valence-electron chi connectivity index (χ0n) is 10.4. The van der Waals surface area contributed by atoms with Gasteiger partial charge in [-0.2, -0.15) is 12.2 Å². The minimum absolute atomic E-state index is 0. The van der Waals surface area contributed by atoms with Crippen LogP contribution in [0.3, 0.4) is 0 Å². The topological polar surface area (TPSA) is 3.24 Å². The van der Waals surface area contributed by atoms with Crippen LogP contribution in [0.4, 0.5) is 8.78 Å². The van der Waals surface area contributed by atoms with E-state index >= 15 is 0 Å². The molecule has 0 N–H and O–H groups in total.